The number of halogens is 1. The molecule has 0 amide bonds. The van der Waals surface area contributed by atoms with Gasteiger partial charge in [-0.15, -0.1) is 12.4 Å². The molecule has 21 heavy (non-hydrogen) atoms. The van der Waals surface area contributed by atoms with Gasteiger partial charge >= 0.3 is 0 Å². The standard InChI is InChI=1S/C18H21NO.ClH/c1-20-17-9-7-15(8-10-17)18(12-11-16(19)13-18)14-5-3-2-4-6-14;/h2-10,16H,11-13,19H2,1H3;1H. The average molecular weight is 304 g/mol. The van der Waals surface area contributed by atoms with E-state index in [1.165, 1.54) is 11.1 Å². The van der Waals surface area contributed by atoms with Crippen LogP contribution in [0.25, 0.3) is 0 Å². The van der Waals surface area contributed by atoms with Gasteiger partial charge in [0.1, 0.15) is 5.75 Å². The highest BCUT2D eigenvalue weighted by molar-refractivity contribution is 5.85. The fourth-order valence-corrected chi connectivity index (χ4v) is 3.44. The van der Waals surface area contributed by atoms with Crippen LogP contribution in [0.5, 0.6) is 5.75 Å². The topological polar surface area (TPSA) is 35.2 Å². The zero-order valence-electron chi connectivity index (χ0n) is 12.3. The van der Waals surface area contributed by atoms with Crippen LogP contribution in [0.15, 0.2) is 54.6 Å². The van der Waals surface area contributed by atoms with Crippen LogP contribution in [0, 0.1) is 0 Å². The number of hydrogen-bond acceptors (Lipinski definition) is 2. The highest BCUT2D eigenvalue weighted by atomic mass is 35.5. The zero-order valence-corrected chi connectivity index (χ0v) is 13.1. The molecule has 2 unspecified atom stereocenters. The van der Waals surface area contributed by atoms with E-state index in [0.717, 1.165) is 25.0 Å². The summed E-state index contributed by atoms with van der Waals surface area (Å²) in [5.41, 5.74) is 9.00. The van der Waals surface area contributed by atoms with Gasteiger partial charge in [0.2, 0.25) is 0 Å². The molecule has 112 valence electrons. The molecule has 0 spiro atoms. The van der Waals surface area contributed by atoms with Crippen LogP contribution < -0.4 is 10.5 Å². The molecule has 1 aliphatic rings. The Kier molecular flexibility index (Phi) is 4.92. The van der Waals surface area contributed by atoms with Crippen molar-refractivity contribution in [2.45, 2.75) is 30.7 Å². The van der Waals surface area contributed by atoms with E-state index in [-0.39, 0.29) is 23.9 Å². The van der Waals surface area contributed by atoms with Crippen molar-refractivity contribution in [3.8, 4) is 5.75 Å². The van der Waals surface area contributed by atoms with Crippen LogP contribution in [-0.4, -0.2) is 13.2 Å². The Labute approximate surface area is 132 Å². The molecule has 2 nitrogen and oxygen atoms in total. The van der Waals surface area contributed by atoms with Crippen LogP contribution >= 0.6 is 12.4 Å². The lowest BCUT2D eigenvalue weighted by atomic mass is 9.73. The second-order valence-corrected chi connectivity index (χ2v) is 5.68. The quantitative estimate of drug-likeness (QED) is 0.933. The van der Waals surface area contributed by atoms with Gasteiger partial charge in [-0.1, -0.05) is 42.5 Å². The van der Waals surface area contributed by atoms with Crippen molar-refractivity contribution in [2.24, 2.45) is 5.73 Å². The lowest BCUT2D eigenvalue weighted by Crippen LogP contribution is -2.27. The first-order chi connectivity index (χ1) is 9.74. The summed E-state index contributed by atoms with van der Waals surface area (Å²) < 4.78 is 5.27. The maximum atomic E-state index is 6.22. The number of benzene rings is 2. The second-order valence-electron chi connectivity index (χ2n) is 5.68. The van der Waals surface area contributed by atoms with Gasteiger partial charge in [0.15, 0.2) is 0 Å². The molecule has 1 fully saturated rings. The molecule has 3 heteroatoms. The monoisotopic (exact) mass is 303 g/mol. The van der Waals surface area contributed by atoms with Crippen molar-refractivity contribution in [3.63, 3.8) is 0 Å². The maximum absolute atomic E-state index is 6.22. The van der Waals surface area contributed by atoms with E-state index in [1.807, 2.05) is 12.1 Å². The summed E-state index contributed by atoms with van der Waals surface area (Å²) in [6.07, 6.45) is 3.22. The Morgan fingerprint density at radius 2 is 1.62 bits per heavy atom. The molecule has 1 aliphatic carbocycles. The normalized spacial score (nSPS) is 24.4. The van der Waals surface area contributed by atoms with Gasteiger partial charge in [-0.05, 0) is 42.5 Å². The van der Waals surface area contributed by atoms with Crippen molar-refractivity contribution in [1.29, 1.82) is 0 Å². The molecule has 0 aromatic heterocycles. The van der Waals surface area contributed by atoms with Crippen molar-refractivity contribution in [2.75, 3.05) is 7.11 Å². The summed E-state index contributed by atoms with van der Waals surface area (Å²) in [6, 6.07) is 19.5. The number of methoxy groups -OCH3 is 1. The number of ether oxygens (including phenoxy) is 1. The van der Waals surface area contributed by atoms with Crippen molar-refractivity contribution >= 4 is 12.4 Å². The minimum Gasteiger partial charge on any atom is -0.497 e. The third-order valence-corrected chi connectivity index (χ3v) is 4.52. The van der Waals surface area contributed by atoms with E-state index in [2.05, 4.69) is 42.5 Å². The summed E-state index contributed by atoms with van der Waals surface area (Å²) in [4.78, 5) is 0. The summed E-state index contributed by atoms with van der Waals surface area (Å²) in [6.45, 7) is 0. The maximum Gasteiger partial charge on any atom is 0.118 e. The zero-order chi connectivity index (χ0) is 14.0. The van der Waals surface area contributed by atoms with E-state index < -0.39 is 0 Å². The highest BCUT2D eigenvalue weighted by Crippen LogP contribution is 2.46. The molecular formula is C18H22ClNO. The minimum absolute atomic E-state index is 0. The Morgan fingerprint density at radius 3 is 2.14 bits per heavy atom. The Hall–Kier alpha value is -1.51. The highest BCUT2D eigenvalue weighted by Gasteiger charge is 2.40. The fraction of sp³-hybridized carbons (Fsp3) is 0.333. The lowest BCUT2D eigenvalue weighted by molar-refractivity contribution is 0.414. The molecule has 3 rings (SSSR count). The smallest absolute Gasteiger partial charge is 0.118 e. The van der Waals surface area contributed by atoms with Gasteiger partial charge in [0, 0.05) is 11.5 Å². The summed E-state index contributed by atoms with van der Waals surface area (Å²) in [5, 5.41) is 0. The number of rotatable bonds is 3. The number of hydrogen-bond donors (Lipinski definition) is 1. The fourth-order valence-electron chi connectivity index (χ4n) is 3.44. The van der Waals surface area contributed by atoms with Crippen molar-refractivity contribution < 1.29 is 4.74 Å². The SMILES string of the molecule is COc1ccc(C2(c3ccccc3)CCC(N)C2)cc1.Cl. The molecule has 2 aromatic carbocycles. The molecule has 0 radical (unpaired) electrons. The van der Waals surface area contributed by atoms with Crippen LogP contribution in [0.1, 0.15) is 30.4 Å². The molecule has 0 heterocycles. The molecule has 0 saturated heterocycles. The minimum atomic E-state index is 0. The summed E-state index contributed by atoms with van der Waals surface area (Å²) >= 11 is 0. The third kappa shape index (κ3) is 2.92. The lowest BCUT2D eigenvalue weighted by Gasteiger charge is -2.31. The number of nitrogens with two attached hydrogens (primary N) is 1. The van der Waals surface area contributed by atoms with Gasteiger partial charge < -0.3 is 10.5 Å². The third-order valence-electron chi connectivity index (χ3n) is 4.52. The Balaban J connectivity index is 0.00000161. The first-order valence-electron chi connectivity index (χ1n) is 7.20. The van der Waals surface area contributed by atoms with Gasteiger partial charge in [-0.2, -0.15) is 0 Å². The molecule has 1 saturated carbocycles. The van der Waals surface area contributed by atoms with E-state index in [9.17, 15) is 0 Å². The van der Waals surface area contributed by atoms with Gasteiger partial charge in [-0.3, -0.25) is 0 Å². The largest absolute Gasteiger partial charge is 0.497 e. The summed E-state index contributed by atoms with van der Waals surface area (Å²) in [5.74, 6) is 0.902. The van der Waals surface area contributed by atoms with Crippen LogP contribution in [-0.2, 0) is 5.41 Å². The van der Waals surface area contributed by atoms with Crippen LogP contribution in [0.2, 0.25) is 0 Å². The predicted octanol–water partition coefficient (Wildman–Crippen LogP) is 3.91. The second kappa shape index (κ2) is 6.50. The van der Waals surface area contributed by atoms with E-state index in [1.54, 1.807) is 7.11 Å². The molecule has 2 atom stereocenters. The van der Waals surface area contributed by atoms with E-state index in [4.69, 9.17) is 10.5 Å². The summed E-state index contributed by atoms with van der Waals surface area (Å²) in [7, 11) is 1.70. The molecular weight excluding hydrogens is 282 g/mol. The molecule has 0 aliphatic heterocycles. The first-order valence-corrected chi connectivity index (χ1v) is 7.20. The Morgan fingerprint density at radius 1 is 1.00 bits per heavy atom. The Bertz CT molecular complexity index is 570. The van der Waals surface area contributed by atoms with Gasteiger partial charge in [0.25, 0.3) is 0 Å². The van der Waals surface area contributed by atoms with Crippen LogP contribution in [0.4, 0.5) is 0 Å². The van der Waals surface area contributed by atoms with Crippen molar-refractivity contribution in [3.05, 3.63) is 65.7 Å². The van der Waals surface area contributed by atoms with Crippen LogP contribution in [0.3, 0.4) is 0 Å². The average Bonchev–Trinajstić information content (AvgIpc) is 2.92. The predicted molar refractivity (Wildman–Crippen MR) is 89.3 cm³/mol. The van der Waals surface area contributed by atoms with Crippen molar-refractivity contribution in [1.82, 2.24) is 0 Å². The molecule has 2 aromatic rings. The van der Waals surface area contributed by atoms with E-state index >= 15 is 0 Å². The molecule has 2 N–H and O–H groups in total. The van der Waals surface area contributed by atoms with E-state index in [0.29, 0.717) is 0 Å². The van der Waals surface area contributed by atoms with Gasteiger partial charge in [0.05, 0.1) is 7.11 Å². The first kappa shape index (κ1) is 15.9. The molecule has 0 bridgehead atoms. The van der Waals surface area contributed by atoms with Gasteiger partial charge in [-0.25, -0.2) is 0 Å².